The molecule has 8 atom stereocenters. The molecule has 4 aliphatic carbocycles. The van der Waals surface area contributed by atoms with Crippen molar-refractivity contribution in [2.24, 2.45) is 40.9 Å². The normalized spacial score (nSPS) is 53.1. The lowest BCUT2D eigenvalue weighted by molar-refractivity contribution is -0.124. The van der Waals surface area contributed by atoms with Crippen LogP contribution in [0, 0.1) is 40.9 Å². The van der Waals surface area contributed by atoms with Gasteiger partial charge in [0.2, 0.25) is 0 Å². The number of ketones is 1. The molecule has 0 spiro atoms. The highest BCUT2D eigenvalue weighted by Gasteiger charge is 2.54. The molecule has 0 aliphatic heterocycles. The molecule has 142 valence electrons. The summed E-state index contributed by atoms with van der Waals surface area (Å²) in [5.74, 6) is 5.05. The van der Waals surface area contributed by atoms with E-state index in [4.69, 9.17) is 0 Å². The maximum atomic E-state index is 12.1. The second-order valence-corrected chi connectivity index (χ2v) is 10.8. The van der Waals surface area contributed by atoms with Crippen LogP contribution in [0.5, 0.6) is 0 Å². The van der Waals surface area contributed by atoms with Crippen molar-refractivity contribution in [3.05, 3.63) is 0 Å². The van der Waals surface area contributed by atoms with Crippen LogP contribution in [-0.4, -0.2) is 16.5 Å². The fourth-order valence-corrected chi connectivity index (χ4v) is 7.89. The van der Waals surface area contributed by atoms with Gasteiger partial charge < -0.3 is 5.11 Å². The number of carbonyl (C=O) groups excluding carboxylic acids is 1. The Morgan fingerprint density at radius 1 is 0.880 bits per heavy atom. The van der Waals surface area contributed by atoms with Gasteiger partial charge in [0.05, 0.1) is 5.60 Å². The Morgan fingerprint density at radius 2 is 1.64 bits per heavy atom. The highest BCUT2D eigenvalue weighted by molar-refractivity contribution is 5.78. The summed E-state index contributed by atoms with van der Waals surface area (Å²) in [5.41, 5.74) is -0.00475. The number of fused-ring (bicyclic) bond motifs is 5. The van der Waals surface area contributed by atoms with Crippen LogP contribution in [0.3, 0.4) is 0 Å². The SMILES string of the molecule is CC(=O)[C@@H]1CCC[C@H]2[C@@H]3CC[C@@H]4C[C@](C)(O)CC[C@@H]4[C@H]3CC[C@]2(C)C1. The van der Waals surface area contributed by atoms with Crippen LogP contribution in [0.1, 0.15) is 91.4 Å². The van der Waals surface area contributed by atoms with Crippen LogP contribution in [0.15, 0.2) is 0 Å². The van der Waals surface area contributed by atoms with Gasteiger partial charge in [0, 0.05) is 5.92 Å². The predicted molar refractivity (Wildman–Crippen MR) is 101 cm³/mol. The van der Waals surface area contributed by atoms with Gasteiger partial charge in [0.15, 0.2) is 0 Å². The summed E-state index contributed by atoms with van der Waals surface area (Å²) in [4.78, 5) is 12.1. The first-order valence-electron chi connectivity index (χ1n) is 11.0. The smallest absolute Gasteiger partial charge is 0.132 e. The Labute approximate surface area is 154 Å². The zero-order chi connectivity index (χ0) is 17.8. The van der Waals surface area contributed by atoms with Crippen molar-refractivity contribution in [3.8, 4) is 0 Å². The standard InChI is InChI=1S/C23H38O2/c1-15(24)16-5-4-6-21-20-8-7-17-14-23(3,25)12-10-18(17)19(20)9-11-22(21,2)13-16/h16-21,25H,4-14H2,1-3H3/t16-,17-,18+,19-,20-,21+,22-,23-/m1/s1. The summed E-state index contributed by atoms with van der Waals surface area (Å²) < 4.78 is 0. The van der Waals surface area contributed by atoms with Crippen molar-refractivity contribution in [2.45, 2.75) is 97.0 Å². The van der Waals surface area contributed by atoms with Gasteiger partial charge in [0.25, 0.3) is 0 Å². The van der Waals surface area contributed by atoms with E-state index in [1.54, 1.807) is 0 Å². The summed E-state index contributed by atoms with van der Waals surface area (Å²) in [6, 6.07) is 0. The van der Waals surface area contributed by atoms with Crippen molar-refractivity contribution in [1.82, 2.24) is 0 Å². The van der Waals surface area contributed by atoms with E-state index in [-0.39, 0.29) is 0 Å². The number of hydrogen-bond acceptors (Lipinski definition) is 2. The summed E-state index contributed by atoms with van der Waals surface area (Å²) >= 11 is 0. The molecule has 0 bridgehead atoms. The second kappa shape index (κ2) is 6.36. The molecule has 2 nitrogen and oxygen atoms in total. The van der Waals surface area contributed by atoms with Gasteiger partial charge >= 0.3 is 0 Å². The van der Waals surface area contributed by atoms with E-state index < -0.39 is 5.60 Å². The van der Waals surface area contributed by atoms with Crippen molar-refractivity contribution in [1.29, 1.82) is 0 Å². The Balaban J connectivity index is 1.54. The third kappa shape index (κ3) is 3.22. The Hall–Kier alpha value is -0.370. The van der Waals surface area contributed by atoms with Crippen molar-refractivity contribution in [2.75, 3.05) is 0 Å². The molecule has 1 N–H and O–H groups in total. The molecular weight excluding hydrogens is 308 g/mol. The third-order valence-electron chi connectivity index (χ3n) is 9.11. The van der Waals surface area contributed by atoms with E-state index in [1.165, 1.54) is 44.9 Å². The summed E-state index contributed by atoms with van der Waals surface area (Å²) in [6.45, 7) is 6.40. The van der Waals surface area contributed by atoms with Gasteiger partial charge in [-0.1, -0.05) is 13.3 Å². The maximum Gasteiger partial charge on any atom is 0.132 e. The average molecular weight is 347 g/mol. The lowest BCUT2D eigenvalue weighted by Gasteiger charge is -2.57. The first-order valence-corrected chi connectivity index (χ1v) is 11.0. The largest absolute Gasteiger partial charge is 0.390 e. The molecule has 4 fully saturated rings. The predicted octanol–water partition coefficient (Wildman–Crippen LogP) is 5.38. The number of aliphatic hydroxyl groups is 1. The molecule has 4 aliphatic rings. The Bertz CT molecular complexity index is 524. The minimum absolute atomic E-state index is 0.327. The molecule has 4 rings (SSSR count). The van der Waals surface area contributed by atoms with E-state index in [0.29, 0.717) is 17.1 Å². The highest BCUT2D eigenvalue weighted by Crippen LogP contribution is 2.61. The van der Waals surface area contributed by atoms with E-state index in [0.717, 1.165) is 55.3 Å². The van der Waals surface area contributed by atoms with Crippen LogP contribution >= 0.6 is 0 Å². The summed E-state index contributed by atoms with van der Waals surface area (Å²) in [5, 5.41) is 10.5. The fourth-order valence-electron chi connectivity index (χ4n) is 7.89. The van der Waals surface area contributed by atoms with Gasteiger partial charge in [-0.2, -0.15) is 0 Å². The number of carbonyl (C=O) groups is 1. The minimum atomic E-state index is -0.409. The minimum Gasteiger partial charge on any atom is -0.390 e. The van der Waals surface area contributed by atoms with E-state index in [9.17, 15) is 9.90 Å². The quantitative estimate of drug-likeness (QED) is 0.692. The monoisotopic (exact) mass is 346 g/mol. The van der Waals surface area contributed by atoms with Crippen LogP contribution in [-0.2, 0) is 4.79 Å². The Kier molecular flexibility index (Phi) is 4.58. The molecule has 0 radical (unpaired) electrons. The van der Waals surface area contributed by atoms with Gasteiger partial charge in [-0.05, 0) is 113 Å². The summed E-state index contributed by atoms with van der Waals surface area (Å²) in [6.07, 6.45) is 13.6. The number of hydrogen-bond donors (Lipinski definition) is 1. The molecular formula is C23H38O2. The molecule has 0 amide bonds. The molecule has 0 aromatic rings. The first kappa shape index (κ1) is 18.0. The zero-order valence-electron chi connectivity index (χ0n) is 16.6. The number of rotatable bonds is 1. The molecule has 4 saturated carbocycles. The molecule has 0 aromatic carbocycles. The highest BCUT2D eigenvalue weighted by atomic mass is 16.3. The van der Waals surface area contributed by atoms with Gasteiger partial charge in [0.1, 0.15) is 5.78 Å². The average Bonchev–Trinajstić information content (AvgIpc) is 2.72. The van der Waals surface area contributed by atoms with Crippen LogP contribution in [0.2, 0.25) is 0 Å². The molecule has 0 saturated heterocycles. The zero-order valence-corrected chi connectivity index (χ0v) is 16.6. The van der Waals surface area contributed by atoms with Crippen LogP contribution < -0.4 is 0 Å². The lowest BCUT2D eigenvalue weighted by Crippen LogP contribution is -2.50. The van der Waals surface area contributed by atoms with Crippen LogP contribution in [0.4, 0.5) is 0 Å². The lowest BCUT2D eigenvalue weighted by atomic mass is 9.48. The molecule has 0 heterocycles. The van der Waals surface area contributed by atoms with Crippen molar-refractivity contribution in [3.63, 3.8) is 0 Å². The van der Waals surface area contributed by atoms with E-state index in [2.05, 4.69) is 13.8 Å². The van der Waals surface area contributed by atoms with Crippen LogP contribution in [0.25, 0.3) is 0 Å². The molecule has 2 heteroatoms. The van der Waals surface area contributed by atoms with E-state index in [1.807, 2.05) is 6.92 Å². The Morgan fingerprint density at radius 3 is 2.40 bits per heavy atom. The first-order chi connectivity index (χ1) is 11.8. The molecule has 0 aromatic heterocycles. The topological polar surface area (TPSA) is 37.3 Å². The van der Waals surface area contributed by atoms with Crippen molar-refractivity contribution >= 4 is 5.78 Å². The molecule has 0 unspecified atom stereocenters. The van der Waals surface area contributed by atoms with Gasteiger partial charge in [-0.25, -0.2) is 0 Å². The third-order valence-corrected chi connectivity index (χ3v) is 9.11. The fraction of sp³-hybridized carbons (Fsp3) is 0.957. The van der Waals surface area contributed by atoms with E-state index >= 15 is 0 Å². The van der Waals surface area contributed by atoms with Gasteiger partial charge in [-0.3, -0.25) is 4.79 Å². The maximum absolute atomic E-state index is 12.1. The number of Topliss-reactive ketones (excluding diaryl/α,β-unsaturated/α-hetero) is 1. The summed E-state index contributed by atoms with van der Waals surface area (Å²) in [7, 11) is 0. The van der Waals surface area contributed by atoms with Crippen molar-refractivity contribution < 1.29 is 9.90 Å². The second-order valence-electron chi connectivity index (χ2n) is 10.8. The van der Waals surface area contributed by atoms with Gasteiger partial charge in [-0.15, -0.1) is 0 Å². The molecule has 25 heavy (non-hydrogen) atoms.